The van der Waals surface area contributed by atoms with Crippen LogP contribution in [0.25, 0.3) is 0 Å². The molecule has 3 amide bonds. The minimum atomic E-state index is -1.08. The van der Waals surface area contributed by atoms with Crippen molar-refractivity contribution in [3.63, 3.8) is 0 Å². The number of benzene rings is 2. The lowest BCUT2D eigenvalue weighted by Gasteiger charge is -2.36. The number of ether oxygens (including phenoxy) is 2. The molecule has 0 bridgehead atoms. The average Bonchev–Trinajstić information content (AvgIpc) is 2.92. The SMILES string of the molecule is CCC(C)C(NC(=O)OC(C)(C)C)C(=O)N(CC)C(C(=O)NC(Cc1ccccc1)C(=O)OC(C)(C)C)c1cccc(C)c1. The van der Waals surface area contributed by atoms with Crippen molar-refractivity contribution in [3.05, 3.63) is 71.3 Å². The molecule has 0 aliphatic heterocycles. The standard InChI is InChI=1S/C35H51N3O6/c1-11-24(4)28(37-33(42)44-35(8,9)10)31(40)38(12-2)29(26-20-16-17-23(3)21-26)30(39)36-27(32(41)43-34(5,6)7)22-25-18-14-13-15-19-25/h13-21,24,27-29H,11-12,22H2,1-10H3,(H,36,39)(H,37,42). The van der Waals surface area contributed by atoms with Gasteiger partial charge in [0.1, 0.15) is 29.3 Å². The predicted octanol–water partition coefficient (Wildman–Crippen LogP) is 5.89. The summed E-state index contributed by atoms with van der Waals surface area (Å²) in [6.07, 6.45) is 0.0947. The first kappa shape index (κ1) is 36.3. The lowest BCUT2D eigenvalue weighted by Crippen LogP contribution is -2.56. The lowest BCUT2D eigenvalue weighted by atomic mass is 9.95. The fraction of sp³-hybridized carbons (Fsp3) is 0.543. The second-order valence-electron chi connectivity index (χ2n) is 13.2. The number of carbonyl (C=O) groups excluding carboxylic acids is 4. The van der Waals surface area contributed by atoms with Crippen molar-refractivity contribution in [3.8, 4) is 0 Å². The molecule has 4 atom stereocenters. The molecule has 0 heterocycles. The molecule has 2 aromatic rings. The number of esters is 1. The third-order valence-corrected chi connectivity index (χ3v) is 6.98. The Bertz CT molecular complexity index is 1270. The Labute approximate surface area is 263 Å². The van der Waals surface area contributed by atoms with E-state index < -0.39 is 53.2 Å². The summed E-state index contributed by atoms with van der Waals surface area (Å²) in [6.45, 7) is 18.2. The fourth-order valence-electron chi connectivity index (χ4n) is 4.74. The van der Waals surface area contributed by atoms with E-state index in [1.165, 1.54) is 4.90 Å². The summed E-state index contributed by atoms with van der Waals surface area (Å²) >= 11 is 0. The molecule has 0 saturated heterocycles. The maximum Gasteiger partial charge on any atom is 0.408 e. The molecular formula is C35H51N3O6. The molecule has 9 nitrogen and oxygen atoms in total. The van der Waals surface area contributed by atoms with Crippen LogP contribution in [0.1, 0.15) is 91.5 Å². The summed E-state index contributed by atoms with van der Waals surface area (Å²) in [7, 11) is 0. The Hall–Kier alpha value is -3.88. The molecule has 0 aromatic heterocycles. The molecular weight excluding hydrogens is 558 g/mol. The molecule has 2 rings (SSSR count). The number of hydrogen-bond acceptors (Lipinski definition) is 6. The van der Waals surface area contributed by atoms with Crippen LogP contribution in [0.15, 0.2) is 54.6 Å². The van der Waals surface area contributed by atoms with Crippen LogP contribution >= 0.6 is 0 Å². The molecule has 0 fully saturated rings. The number of aryl methyl sites for hydroxylation is 1. The molecule has 242 valence electrons. The number of hydrogen-bond donors (Lipinski definition) is 2. The fourth-order valence-corrected chi connectivity index (χ4v) is 4.74. The van der Waals surface area contributed by atoms with Gasteiger partial charge in [0.05, 0.1) is 0 Å². The third-order valence-electron chi connectivity index (χ3n) is 6.98. The first-order valence-corrected chi connectivity index (χ1v) is 15.4. The third kappa shape index (κ3) is 11.3. The molecule has 0 aliphatic rings. The molecule has 44 heavy (non-hydrogen) atoms. The van der Waals surface area contributed by atoms with E-state index in [1.807, 2.05) is 69.3 Å². The Morgan fingerprint density at radius 2 is 1.45 bits per heavy atom. The van der Waals surface area contributed by atoms with Crippen molar-refractivity contribution in [2.45, 2.75) is 111 Å². The number of likely N-dealkylation sites (N-methyl/N-ethyl adjacent to an activating group) is 1. The lowest BCUT2D eigenvalue weighted by molar-refractivity contribution is -0.159. The quantitative estimate of drug-likeness (QED) is 0.290. The number of amides is 3. The summed E-state index contributed by atoms with van der Waals surface area (Å²) in [4.78, 5) is 56.2. The summed E-state index contributed by atoms with van der Waals surface area (Å²) < 4.78 is 11.1. The normalized spacial score (nSPS) is 14.4. The molecule has 0 radical (unpaired) electrons. The molecule has 4 unspecified atom stereocenters. The van der Waals surface area contributed by atoms with Crippen LogP contribution in [0.2, 0.25) is 0 Å². The van der Waals surface area contributed by atoms with E-state index in [0.717, 1.165) is 11.1 Å². The minimum absolute atomic E-state index is 0.170. The van der Waals surface area contributed by atoms with Crippen molar-refractivity contribution in [1.82, 2.24) is 15.5 Å². The highest BCUT2D eigenvalue weighted by Gasteiger charge is 2.39. The summed E-state index contributed by atoms with van der Waals surface area (Å²) in [5.41, 5.74) is 0.812. The minimum Gasteiger partial charge on any atom is -0.458 e. The Kier molecular flexibility index (Phi) is 13.0. The van der Waals surface area contributed by atoms with E-state index in [0.29, 0.717) is 12.0 Å². The van der Waals surface area contributed by atoms with Crippen molar-refractivity contribution >= 4 is 23.9 Å². The number of nitrogens with zero attached hydrogens (tertiary/aromatic N) is 1. The van der Waals surface area contributed by atoms with Crippen LogP contribution in [-0.4, -0.2) is 58.6 Å². The van der Waals surface area contributed by atoms with E-state index in [2.05, 4.69) is 10.6 Å². The van der Waals surface area contributed by atoms with Gasteiger partial charge in [0, 0.05) is 13.0 Å². The number of alkyl carbamates (subject to hydrolysis) is 1. The van der Waals surface area contributed by atoms with Gasteiger partial charge in [0.15, 0.2) is 0 Å². The van der Waals surface area contributed by atoms with Gasteiger partial charge in [-0.3, -0.25) is 9.59 Å². The maximum atomic E-state index is 14.3. The highest BCUT2D eigenvalue weighted by molar-refractivity contribution is 5.94. The van der Waals surface area contributed by atoms with Gasteiger partial charge >= 0.3 is 12.1 Å². The number of carbonyl (C=O) groups is 4. The van der Waals surface area contributed by atoms with Gasteiger partial charge in [0.2, 0.25) is 11.8 Å². The van der Waals surface area contributed by atoms with Crippen molar-refractivity contribution < 1.29 is 28.7 Å². The van der Waals surface area contributed by atoms with Gasteiger partial charge in [0.25, 0.3) is 0 Å². The molecule has 0 saturated carbocycles. The Balaban J connectivity index is 2.54. The van der Waals surface area contributed by atoms with Gasteiger partial charge in [-0.15, -0.1) is 0 Å². The van der Waals surface area contributed by atoms with Crippen LogP contribution in [0.5, 0.6) is 0 Å². The number of rotatable bonds is 12. The largest absolute Gasteiger partial charge is 0.458 e. The topological polar surface area (TPSA) is 114 Å². The van der Waals surface area contributed by atoms with Gasteiger partial charge in [-0.1, -0.05) is 80.4 Å². The molecule has 0 spiro atoms. The molecule has 2 aromatic carbocycles. The van der Waals surface area contributed by atoms with Gasteiger partial charge < -0.3 is 25.0 Å². The average molecular weight is 610 g/mol. The van der Waals surface area contributed by atoms with Crippen molar-refractivity contribution in [1.29, 1.82) is 0 Å². The second kappa shape index (κ2) is 15.7. The maximum absolute atomic E-state index is 14.3. The van der Waals surface area contributed by atoms with Crippen LogP contribution in [-0.2, 0) is 30.3 Å². The van der Waals surface area contributed by atoms with Crippen LogP contribution in [0.4, 0.5) is 4.79 Å². The summed E-state index contributed by atoms with van der Waals surface area (Å²) in [5.74, 6) is -1.78. The molecule has 9 heteroatoms. The van der Waals surface area contributed by atoms with E-state index >= 15 is 0 Å². The second-order valence-corrected chi connectivity index (χ2v) is 13.2. The van der Waals surface area contributed by atoms with E-state index in [1.54, 1.807) is 54.5 Å². The van der Waals surface area contributed by atoms with Crippen molar-refractivity contribution in [2.75, 3.05) is 6.54 Å². The predicted molar refractivity (Wildman–Crippen MR) is 172 cm³/mol. The Morgan fingerprint density at radius 3 is 1.98 bits per heavy atom. The smallest absolute Gasteiger partial charge is 0.408 e. The number of nitrogens with one attached hydrogen (secondary N) is 2. The zero-order chi connectivity index (χ0) is 33.2. The zero-order valence-electron chi connectivity index (χ0n) is 28.0. The van der Waals surface area contributed by atoms with E-state index in [-0.39, 0.29) is 18.9 Å². The first-order chi connectivity index (χ1) is 20.5. The first-order valence-electron chi connectivity index (χ1n) is 15.4. The molecule has 0 aliphatic carbocycles. The summed E-state index contributed by atoms with van der Waals surface area (Å²) in [6, 6.07) is 13.7. The van der Waals surface area contributed by atoms with E-state index in [9.17, 15) is 19.2 Å². The van der Waals surface area contributed by atoms with Gasteiger partial charge in [-0.05, 0) is 72.4 Å². The summed E-state index contributed by atoms with van der Waals surface area (Å²) in [5, 5.41) is 5.66. The monoisotopic (exact) mass is 609 g/mol. The van der Waals surface area contributed by atoms with Crippen LogP contribution in [0.3, 0.4) is 0 Å². The van der Waals surface area contributed by atoms with Crippen LogP contribution < -0.4 is 10.6 Å². The van der Waals surface area contributed by atoms with Gasteiger partial charge in [-0.25, -0.2) is 9.59 Å². The van der Waals surface area contributed by atoms with Crippen LogP contribution in [0, 0.1) is 12.8 Å². The van der Waals surface area contributed by atoms with Gasteiger partial charge in [-0.2, -0.15) is 0 Å². The van der Waals surface area contributed by atoms with Crippen molar-refractivity contribution in [2.24, 2.45) is 5.92 Å². The highest BCUT2D eigenvalue weighted by atomic mass is 16.6. The molecule has 2 N–H and O–H groups in total. The zero-order valence-corrected chi connectivity index (χ0v) is 28.0. The highest BCUT2D eigenvalue weighted by Crippen LogP contribution is 2.26. The Morgan fingerprint density at radius 1 is 0.841 bits per heavy atom. The van der Waals surface area contributed by atoms with E-state index in [4.69, 9.17) is 9.47 Å².